The van der Waals surface area contributed by atoms with Gasteiger partial charge in [0.15, 0.2) is 0 Å². The first kappa shape index (κ1) is 14.6. The zero-order valence-corrected chi connectivity index (χ0v) is 10.5. The maximum Gasteiger partial charge on any atom is 0.348 e. The van der Waals surface area contributed by atoms with Crippen LogP contribution in [-0.4, -0.2) is 27.6 Å². The molecule has 0 spiro atoms. The average molecular weight is 267 g/mol. The summed E-state index contributed by atoms with van der Waals surface area (Å²) in [5.74, 6) is -0.492. The molecule has 0 bridgehead atoms. The lowest BCUT2D eigenvalue weighted by Gasteiger charge is -2.04. The number of esters is 1. The van der Waals surface area contributed by atoms with E-state index in [4.69, 9.17) is 0 Å². The summed E-state index contributed by atoms with van der Waals surface area (Å²) in [6.45, 7) is 1.78. The van der Waals surface area contributed by atoms with E-state index in [0.29, 0.717) is 12.0 Å². The van der Waals surface area contributed by atoms with Crippen molar-refractivity contribution in [3.05, 3.63) is 44.6 Å². The van der Waals surface area contributed by atoms with Gasteiger partial charge in [-0.2, -0.15) is 4.98 Å². The van der Waals surface area contributed by atoms with E-state index in [-0.39, 0.29) is 12.2 Å². The number of carbonyl (C=O) groups is 1. The summed E-state index contributed by atoms with van der Waals surface area (Å²) in [5, 5.41) is 10.6. The van der Waals surface area contributed by atoms with E-state index in [1.165, 1.54) is 13.2 Å². The molecule has 1 aromatic rings. The van der Waals surface area contributed by atoms with Gasteiger partial charge in [-0.3, -0.25) is 14.7 Å². The number of nitrogens with zero attached hydrogens (tertiary/aromatic N) is 3. The van der Waals surface area contributed by atoms with Crippen LogP contribution in [0.5, 0.6) is 0 Å². The Morgan fingerprint density at radius 1 is 1.63 bits per heavy atom. The van der Waals surface area contributed by atoms with Gasteiger partial charge in [0, 0.05) is 12.1 Å². The van der Waals surface area contributed by atoms with Gasteiger partial charge in [0.25, 0.3) is 0 Å². The van der Waals surface area contributed by atoms with Crippen molar-refractivity contribution in [2.45, 2.75) is 19.9 Å². The predicted molar refractivity (Wildman–Crippen MR) is 65.5 cm³/mol. The molecule has 0 atom stereocenters. The number of rotatable bonds is 5. The second kappa shape index (κ2) is 6.43. The van der Waals surface area contributed by atoms with Crippen LogP contribution in [0.3, 0.4) is 0 Å². The lowest BCUT2D eigenvalue weighted by molar-refractivity contribution is -0.385. The number of hydrogen-bond acceptors (Lipinski definition) is 6. The van der Waals surface area contributed by atoms with Crippen LogP contribution in [-0.2, 0) is 16.1 Å². The zero-order chi connectivity index (χ0) is 14.4. The molecule has 8 heteroatoms. The third-order valence-corrected chi connectivity index (χ3v) is 2.41. The molecule has 102 valence electrons. The molecule has 0 aliphatic rings. The molecule has 0 amide bonds. The van der Waals surface area contributed by atoms with Crippen molar-refractivity contribution in [2.75, 3.05) is 7.11 Å². The van der Waals surface area contributed by atoms with Crippen molar-refractivity contribution in [1.82, 2.24) is 9.55 Å². The fourth-order valence-corrected chi connectivity index (χ4v) is 1.38. The van der Waals surface area contributed by atoms with Crippen LogP contribution in [0, 0.1) is 10.1 Å². The fraction of sp³-hybridized carbons (Fsp3) is 0.364. The quantitative estimate of drug-likeness (QED) is 0.336. The Morgan fingerprint density at radius 3 is 2.84 bits per heavy atom. The normalized spacial score (nSPS) is 11.2. The second-order valence-corrected chi connectivity index (χ2v) is 3.58. The van der Waals surface area contributed by atoms with E-state index >= 15 is 0 Å². The number of aromatic nitrogens is 2. The fourth-order valence-electron chi connectivity index (χ4n) is 1.38. The van der Waals surface area contributed by atoms with E-state index in [0.717, 1.165) is 17.0 Å². The third-order valence-electron chi connectivity index (χ3n) is 2.41. The first-order chi connectivity index (χ1) is 8.99. The Bertz CT molecular complexity index is 576. The van der Waals surface area contributed by atoms with Crippen LogP contribution in [0.2, 0.25) is 0 Å². The molecule has 0 aromatic carbocycles. The predicted octanol–water partition coefficient (Wildman–Crippen LogP) is 0.661. The van der Waals surface area contributed by atoms with Gasteiger partial charge in [0.1, 0.15) is 6.20 Å². The summed E-state index contributed by atoms with van der Waals surface area (Å²) in [7, 11) is 1.26. The summed E-state index contributed by atoms with van der Waals surface area (Å²) in [4.78, 5) is 36.1. The molecule has 0 saturated carbocycles. The minimum atomic E-state index is -0.645. The molecule has 1 aromatic heterocycles. The minimum absolute atomic E-state index is 0.0196. The van der Waals surface area contributed by atoms with Crippen molar-refractivity contribution in [3.63, 3.8) is 0 Å². The molecular weight excluding hydrogens is 254 g/mol. The molecule has 0 N–H and O–H groups in total. The molecule has 1 rings (SSSR count). The van der Waals surface area contributed by atoms with Gasteiger partial charge in [0.2, 0.25) is 0 Å². The van der Waals surface area contributed by atoms with Crippen molar-refractivity contribution >= 4 is 11.7 Å². The molecular formula is C11H13N3O5. The maximum absolute atomic E-state index is 11.4. The van der Waals surface area contributed by atoms with Crippen molar-refractivity contribution < 1.29 is 14.5 Å². The van der Waals surface area contributed by atoms with Gasteiger partial charge in [-0.25, -0.2) is 9.59 Å². The molecule has 8 nitrogen and oxygen atoms in total. The Kier molecular flexibility index (Phi) is 4.92. The van der Waals surface area contributed by atoms with E-state index < -0.39 is 16.6 Å². The molecule has 0 fully saturated rings. The molecule has 1 heterocycles. The van der Waals surface area contributed by atoms with Crippen LogP contribution in [0.1, 0.15) is 13.3 Å². The topological polar surface area (TPSA) is 104 Å². The van der Waals surface area contributed by atoms with Gasteiger partial charge >= 0.3 is 17.3 Å². The maximum atomic E-state index is 11.4. The van der Waals surface area contributed by atoms with Crippen LogP contribution >= 0.6 is 0 Å². The summed E-state index contributed by atoms with van der Waals surface area (Å²) >= 11 is 0. The number of ether oxygens (including phenoxy) is 1. The number of allylic oxidation sites excluding steroid dienone is 1. The van der Waals surface area contributed by atoms with Gasteiger partial charge < -0.3 is 4.74 Å². The lowest BCUT2D eigenvalue weighted by Crippen LogP contribution is -2.22. The van der Waals surface area contributed by atoms with E-state index in [9.17, 15) is 19.7 Å². The van der Waals surface area contributed by atoms with Crippen molar-refractivity contribution in [2.24, 2.45) is 0 Å². The van der Waals surface area contributed by atoms with E-state index in [1.54, 1.807) is 6.92 Å². The average Bonchev–Trinajstić information content (AvgIpc) is 2.40. The second-order valence-electron chi connectivity index (χ2n) is 3.58. The van der Waals surface area contributed by atoms with Gasteiger partial charge in [-0.1, -0.05) is 13.0 Å². The Hall–Kier alpha value is -2.51. The smallest absolute Gasteiger partial charge is 0.348 e. The highest BCUT2D eigenvalue weighted by atomic mass is 16.6. The van der Waals surface area contributed by atoms with E-state index in [2.05, 4.69) is 9.72 Å². The third kappa shape index (κ3) is 3.73. The van der Waals surface area contributed by atoms with Gasteiger partial charge in [-0.15, -0.1) is 0 Å². The SMILES string of the molecule is CC/C(=C/Cn1cc([N+](=O)[O-])cnc1=O)C(=O)OC. The number of hydrogen-bond donors (Lipinski definition) is 0. The van der Waals surface area contributed by atoms with Crippen LogP contribution < -0.4 is 5.69 Å². The molecule has 0 unspecified atom stereocenters. The van der Waals surface area contributed by atoms with E-state index in [1.807, 2.05) is 0 Å². The van der Waals surface area contributed by atoms with Crippen LogP contribution in [0.25, 0.3) is 0 Å². The Labute approximate surface area is 108 Å². The number of carbonyl (C=O) groups excluding carboxylic acids is 1. The number of methoxy groups -OCH3 is 1. The molecule has 0 aliphatic heterocycles. The van der Waals surface area contributed by atoms with Crippen molar-refractivity contribution in [3.8, 4) is 0 Å². The minimum Gasteiger partial charge on any atom is -0.466 e. The molecule has 0 saturated heterocycles. The van der Waals surface area contributed by atoms with Gasteiger partial charge in [-0.05, 0) is 6.42 Å². The molecule has 19 heavy (non-hydrogen) atoms. The highest BCUT2D eigenvalue weighted by Gasteiger charge is 2.10. The monoisotopic (exact) mass is 267 g/mol. The summed E-state index contributed by atoms with van der Waals surface area (Å²) in [6, 6.07) is 0. The van der Waals surface area contributed by atoms with Gasteiger partial charge in [0.05, 0.1) is 18.2 Å². The highest BCUT2D eigenvalue weighted by Crippen LogP contribution is 2.07. The standard InChI is InChI=1S/C11H13N3O5/c1-3-8(10(15)19-2)4-5-13-7-9(14(17)18)6-12-11(13)16/h4,6-7H,3,5H2,1-2H3/b8-4-. The van der Waals surface area contributed by atoms with Crippen LogP contribution in [0.15, 0.2) is 28.8 Å². The molecule has 0 radical (unpaired) electrons. The largest absolute Gasteiger partial charge is 0.466 e. The summed E-state index contributed by atoms with van der Waals surface area (Å²) in [5.41, 5.74) is -0.521. The lowest BCUT2D eigenvalue weighted by atomic mass is 10.2. The first-order valence-electron chi connectivity index (χ1n) is 5.47. The summed E-state index contributed by atoms with van der Waals surface area (Å²) < 4.78 is 5.62. The van der Waals surface area contributed by atoms with Crippen molar-refractivity contribution in [1.29, 1.82) is 0 Å². The number of nitro groups is 1. The Balaban J connectivity index is 3.02. The Morgan fingerprint density at radius 2 is 2.32 bits per heavy atom. The zero-order valence-electron chi connectivity index (χ0n) is 10.5. The van der Waals surface area contributed by atoms with Crippen LogP contribution in [0.4, 0.5) is 5.69 Å². The summed E-state index contributed by atoms with van der Waals surface area (Å²) in [6.07, 6.45) is 3.89. The highest BCUT2D eigenvalue weighted by molar-refractivity contribution is 5.88. The first-order valence-corrected chi connectivity index (χ1v) is 5.47. The molecule has 0 aliphatic carbocycles.